The molecule has 0 unspecified atom stereocenters. The number of anilines is 1. The largest absolute Gasteiger partial charge is 0.397 e. The maximum absolute atomic E-state index is 12.4. The molecule has 1 fully saturated rings. The second-order valence-electron chi connectivity index (χ2n) is 6.16. The van der Waals surface area contributed by atoms with E-state index in [9.17, 15) is 4.79 Å². The number of nitrogens with one attached hydrogen (secondary N) is 1. The number of rotatable bonds is 4. The third-order valence-corrected chi connectivity index (χ3v) is 6.11. The number of fused-ring (bicyclic) bond motifs is 1. The van der Waals surface area contributed by atoms with Gasteiger partial charge in [-0.3, -0.25) is 4.79 Å². The normalized spacial score (nSPS) is 16.4. The molecule has 1 aromatic heterocycles. The number of hydrogen-bond acceptors (Lipinski definition) is 3. The van der Waals surface area contributed by atoms with Gasteiger partial charge in [-0.15, -0.1) is 11.3 Å². The van der Waals surface area contributed by atoms with Crippen LogP contribution < -0.4 is 11.1 Å². The van der Waals surface area contributed by atoms with Gasteiger partial charge in [-0.1, -0.05) is 31.5 Å². The van der Waals surface area contributed by atoms with Crippen molar-refractivity contribution in [2.75, 3.05) is 12.3 Å². The van der Waals surface area contributed by atoms with E-state index < -0.39 is 0 Å². The number of benzene rings is 1. The first-order chi connectivity index (χ1) is 9.94. The van der Waals surface area contributed by atoms with Gasteiger partial charge >= 0.3 is 0 Å². The maximum Gasteiger partial charge on any atom is 0.263 e. The van der Waals surface area contributed by atoms with Crippen LogP contribution in [0.4, 0.5) is 5.69 Å². The van der Waals surface area contributed by atoms with Crippen LogP contribution in [-0.2, 0) is 0 Å². The molecule has 0 saturated heterocycles. The lowest BCUT2D eigenvalue weighted by atomic mass is 9.92. The fraction of sp³-hybridized carbons (Fsp3) is 0.438. The van der Waals surface area contributed by atoms with Crippen molar-refractivity contribution in [3.05, 3.63) is 28.1 Å². The molecule has 5 heteroatoms. The summed E-state index contributed by atoms with van der Waals surface area (Å²) in [7, 11) is 0. The molecule has 112 valence electrons. The number of carbonyl (C=O) groups excluding carboxylic acids is 1. The summed E-state index contributed by atoms with van der Waals surface area (Å²) in [5, 5.41) is 4.44. The molecule has 0 spiro atoms. The summed E-state index contributed by atoms with van der Waals surface area (Å²) in [6, 6.07) is 5.61. The lowest BCUT2D eigenvalue weighted by Gasteiger charge is -2.19. The molecule has 1 aliphatic carbocycles. The minimum Gasteiger partial charge on any atom is -0.397 e. The van der Waals surface area contributed by atoms with E-state index in [4.69, 9.17) is 17.3 Å². The van der Waals surface area contributed by atoms with Crippen molar-refractivity contribution in [3.8, 4) is 0 Å². The fourth-order valence-corrected chi connectivity index (χ4v) is 4.15. The van der Waals surface area contributed by atoms with Crippen LogP contribution in [-0.4, -0.2) is 12.5 Å². The molecular weight excluding hydrogens is 304 g/mol. The van der Waals surface area contributed by atoms with Crippen molar-refractivity contribution in [3.63, 3.8) is 0 Å². The average Bonchev–Trinajstić information content (AvgIpc) is 3.16. The molecule has 0 aliphatic heterocycles. The highest BCUT2D eigenvalue weighted by Crippen LogP contribution is 2.51. The molecule has 2 aromatic rings. The van der Waals surface area contributed by atoms with Gasteiger partial charge < -0.3 is 11.1 Å². The van der Waals surface area contributed by atoms with Crippen LogP contribution in [0.5, 0.6) is 0 Å². The number of carbonyl (C=O) groups is 1. The van der Waals surface area contributed by atoms with Crippen LogP contribution in [0.2, 0.25) is 5.02 Å². The number of amides is 1. The molecule has 1 aliphatic rings. The highest BCUT2D eigenvalue weighted by Gasteiger charge is 2.45. The van der Waals surface area contributed by atoms with Crippen LogP contribution in [0.3, 0.4) is 0 Å². The zero-order chi connectivity index (χ0) is 15.2. The summed E-state index contributed by atoms with van der Waals surface area (Å²) in [5.74, 6) is 0.503. The standard InChI is InChI=1S/C16H19ClN2OS/c1-9(2)16(6-7-16)8-19-15(20)14-13(18)12-10(17)4-3-5-11(12)21-14/h3-5,9H,6-8,18H2,1-2H3,(H,19,20). The molecule has 3 nitrogen and oxygen atoms in total. The van der Waals surface area contributed by atoms with E-state index in [-0.39, 0.29) is 5.91 Å². The molecule has 1 amide bonds. The zero-order valence-electron chi connectivity index (χ0n) is 12.2. The summed E-state index contributed by atoms with van der Waals surface area (Å²) >= 11 is 7.58. The van der Waals surface area contributed by atoms with Crippen molar-refractivity contribution in [1.82, 2.24) is 5.32 Å². The first kappa shape index (κ1) is 14.7. The average molecular weight is 323 g/mol. The van der Waals surface area contributed by atoms with Crippen LogP contribution in [0, 0.1) is 11.3 Å². The number of halogens is 1. The van der Waals surface area contributed by atoms with Crippen molar-refractivity contribution < 1.29 is 4.79 Å². The predicted molar refractivity (Wildman–Crippen MR) is 90.1 cm³/mol. The van der Waals surface area contributed by atoms with E-state index in [2.05, 4.69) is 19.2 Å². The van der Waals surface area contributed by atoms with E-state index in [0.717, 1.165) is 16.6 Å². The fourth-order valence-electron chi connectivity index (χ4n) is 2.75. The topological polar surface area (TPSA) is 55.1 Å². The summed E-state index contributed by atoms with van der Waals surface area (Å²) < 4.78 is 0.954. The molecule has 21 heavy (non-hydrogen) atoms. The Bertz CT molecular complexity index is 704. The van der Waals surface area contributed by atoms with E-state index in [0.29, 0.717) is 26.9 Å². The minimum atomic E-state index is -0.0864. The zero-order valence-corrected chi connectivity index (χ0v) is 13.8. The predicted octanol–water partition coefficient (Wildman–Crippen LogP) is 4.30. The van der Waals surface area contributed by atoms with Crippen LogP contribution in [0.25, 0.3) is 10.1 Å². The summed E-state index contributed by atoms with van der Waals surface area (Å²) in [6.07, 6.45) is 2.39. The first-order valence-corrected chi connectivity index (χ1v) is 8.39. The van der Waals surface area contributed by atoms with E-state index in [1.807, 2.05) is 12.1 Å². The Balaban J connectivity index is 1.82. The lowest BCUT2D eigenvalue weighted by molar-refractivity contribution is 0.0944. The molecular formula is C16H19ClN2OS. The molecule has 0 bridgehead atoms. The second-order valence-corrected chi connectivity index (χ2v) is 7.62. The maximum atomic E-state index is 12.4. The summed E-state index contributed by atoms with van der Waals surface area (Å²) in [6.45, 7) is 5.16. The van der Waals surface area contributed by atoms with Gasteiger partial charge in [-0.05, 0) is 36.3 Å². The van der Waals surface area contributed by atoms with E-state index >= 15 is 0 Å². The number of hydrogen-bond donors (Lipinski definition) is 2. The van der Waals surface area contributed by atoms with Gasteiger partial charge in [0.05, 0.1) is 10.7 Å². The van der Waals surface area contributed by atoms with Crippen molar-refractivity contribution in [2.24, 2.45) is 11.3 Å². The van der Waals surface area contributed by atoms with Crippen LogP contribution in [0.1, 0.15) is 36.4 Å². The Hall–Kier alpha value is -1.26. The monoisotopic (exact) mass is 322 g/mol. The van der Waals surface area contributed by atoms with Gasteiger partial charge in [0, 0.05) is 16.6 Å². The molecule has 3 rings (SSSR count). The molecule has 0 radical (unpaired) electrons. The molecule has 1 aromatic carbocycles. The second kappa shape index (κ2) is 5.18. The highest BCUT2D eigenvalue weighted by atomic mass is 35.5. The van der Waals surface area contributed by atoms with Gasteiger partial charge in [0.25, 0.3) is 5.91 Å². The first-order valence-electron chi connectivity index (χ1n) is 7.19. The Morgan fingerprint density at radius 2 is 2.19 bits per heavy atom. The van der Waals surface area contributed by atoms with Crippen molar-refractivity contribution in [2.45, 2.75) is 26.7 Å². The van der Waals surface area contributed by atoms with Gasteiger partial charge in [-0.2, -0.15) is 0 Å². The quantitative estimate of drug-likeness (QED) is 0.881. The van der Waals surface area contributed by atoms with E-state index in [1.165, 1.54) is 24.2 Å². The van der Waals surface area contributed by atoms with Crippen molar-refractivity contribution in [1.29, 1.82) is 0 Å². The van der Waals surface area contributed by atoms with Gasteiger partial charge in [-0.25, -0.2) is 0 Å². The molecule has 0 atom stereocenters. The third-order valence-electron chi connectivity index (χ3n) is 4.63. The highest BCUT2D eigenvalue weighted by molar-refractivity contribution is 7.21. The number of thiophene rings is 1. The Kier molecular flexibility index (Phi) is 3.62. The van der Waals surface area contributed by atoms with Crippen LogP contribution >= 0.6 is 22.9 Å². The van der Waals surface area contributed by atoms with Crippen molar-refractivity contribution >= 4 is 44.6 Å². The van der Waals surface area contributed by atoms with Gasteiger partial charge in [0.15, 0.2) is 0 Å². The minimum absolute atomic E-state index is 0.0864. The number of nitrogen functional groups attached to an aromatic ring is 1. The Labute approximate surface area is 133 Å². The SMILES string of the molecule is CC(C)C1(CNC(=O)c2sc3cccc(Cl)c3c2N)CC1. The third kappa shape index (κ3) is 2.51. The number of nitrogens with two attached hydrogens (primary N) is 1. The lowest BCUT2D eigenvalue weighted by Crippen LogP contribution is -2.32. The van der Waals surface area contributed by atoms with Crippen LogP contribution in [0.15, 0.2) is 18.2 Å². The van der Waals surface area contributed by atoms with Gasteiger partial charge in [0.2, 0.25) is 0 Å². The Morgan fingerprint density at radius 3 is 2.76 bits per heavy atom. The summed E-state index contributed by atoms with van der Waals surface area (Å²) in [4.78, 5) is 13.0. The molecule has 1 heterocycles. The smallest absolute Gasteiger partial charge is 0.263 e. The van der Waals surface area contributed by atoms with Gasteiger partial charge in [0.1, 0.15) is 4.88 Å². The van der Waals surface area contributed by atoms with E-state index in [1.54, 1.807) is 6.07 Å². The molecule has 1 saturated carbocycles. The Morgan fingerprint density at radius 1 is 1.48 bits per heavy atom. The molecule has 3 N–H and O–H groups in total. The summed E-state index contributed by atoms with van der Waals surface area (Å²) in [5.41, 5.74) is 6.90.